The van der Waals surface area contributed by atoms with Crippen molar-refractivity contribution in [2.75, 3.05) is 13.2 Å². The minimum Gasteiger partial charge on any atom is -0.347 e. The molecule has 0 aliphatic rings. The van der Waals surface area contributed by atoms with E-state index in [4.69, 9.17) is 4.18 Å². The molecule has 0 spiro atoms. The molecule has 1 rings (SSSR count). The Morgan fingerprint density at radius 2 is 2.05 bits per heavy atom. The Kier molecular flexibility index (Phi) is 5.84. The second-order valence-electron chi connectivity index (χ2n) is 3.73. The number of benzene rings is 1. The molecular formula is C12H17NO4S2. The van der Waals surface area contributed by atoms with Crippen LogP contribution in [0.5, 0.6) is 0 Å². The molecule has 0 radical (unpaired) electrons. The highest BCUT2D eigenvalue weighted by Crippen LogP contribution is 2.29. The summed E-state index contributed by atoms with van der Waals surface area (Å²) in [6, 6.07) is 4.79. The van der Waals surface area contributed by atoms with E-state index in [1.807, 2.05) is 6.92 Å². The molecule has 0 heterocycles. The smallest absolute Gasteiger partial charge is 0.298 e. The molecule has 0 saturated heterocycles. The molecule has 1 aromatic rings. The predicted molar refractivity (Wildman–Crippen MR) is 74.9 cm³/mol. The molecule has 0 unspecified atom stereocenters. The van der Waals surface area contributed by atoms with E-state index < -0.39 is 10.1 Å². The van der Waals surface area contributed by atoms with Crippen LogP contribution >= 0.6 is 11.8 Å². The van der Waals surface area contributed by atoms with Crippen molar-refractivity contribution in [3.8, 4) is 0 Å². The second kappa shape index (κ2) is 6.93. The molecular weight excluding hydrogens is 286 g/mol. The molecule has 0 fully saturated rings. The molecule has 106 valence electrons. The monoisotopic (exact) mass is 303 g/mol. The third-order valence-corrected chi connectivity index (χ3v) is 4.62. The highest BCUT2D eigenvalue weighted by molar-refractivity contribution is 8.13. The number of hydrogen-bond acceptors (Lipinski definition) is 5. The van der Waals surface area contributed by atoms with Crippen molar-refractivity contribution in [1.82, 2.24) is 5.32 Å². The largest absolute Gasteiger partial charge is 0.347 e. The van der Waals surface area contributed by atoms with Gasteiger partial charge in [0, 0.05) is 11.4 Å². The quantitative estimate of drug-likeness (QED) is 0.668. The highest BCUT2D eigenvalue weighted by atomic mass is 32.2. The molecule has 1 N–H and O–H groups in total. The Morgan fingerprint density at radius 3 is 2.63 bits per heavy atom. The van der Waals surface area contributed by atoms with Gasteiger partial charge in [0.05, 0.1) is 6.61 Å². The van der Waals surface area contributed by atoms with Gasteiger partial charge in [-0.15, -0.1) is 0 Å². The predicted octanol–water partition coefficient (Wildman–Crippen LogP) is 2.54. The van der Waals surface area contributed by atoms with E-state index in [-0.39, 0.29) is 16.7 Å². The van der Waals surface area contributed by atoms with Gasteiger partial charge in [-0.3, -0.25) is 8.98 Å². The van der Waals surface area contributed by atoms with Crippen LogP contribution in [0.3, 0.4) is 0 Å². The second-order valence-corrected chi connectivity index (χ2v) is 6.33. The lowest BCUT2D eigenvalue weighted by atomic mass is 10.2. The lowest BCUT2D eigenvalue weighted by Gasteiger charge is -2.10. The minimum atomic E-state index is -3.82. The van der Waals surface area contributed by atoms with Crippen LogP contribution in [0.1, 0.15) is 19.4 Å². The number of thioether (sulfide) groups is 1. The SMILES string of the molecule is CCNC(=O)Sc1cc(C)ccc1S(=O)(=O)OCC. The van der Waals surface area contributed by atoms with E-state index >= 15 is 0 Å². The molecule has 0 saturated carbocycles. The Balaban J connectivity index is 3.15. The van der Waals surface area contributed by atoms with Gasteiger partial charge in [-0.1, -0.05) is 6.07 Å². The van der Waals surface area contributed by atoms with Gasteiger partial charge < -0.3 is 5.32 Å². The maximum absolute atomic E-state index is 11.9. The third kappa shape index (κ3) is 4.52. The topological polar surface area (TPSA) is 72.5 Å². The van der Waals surface area contributed by atoms with Crippen LogP contribution in [0.15, 0.2) is 28.0 Å². The molecule has 0 atom stereocenters. The number of aryl methyl sites for hydroxylation is 1. The van der Waals surface area contributed by atoms with E-state index in [2.05, 4.69) is 5.32 Å². The first-order valence-corrected chi connectivity index (χ1v) is 8.09. The molecule has 0 aliphatic heterocycles. The number of rotatable bonds is 5. The molecule has 0 aromatic heterocycles. The van der Waals surface area contributed by atoms with Crippen molar-refractivity contribution >= 4 is 27.1 Å². The number of amides is 1. The fourth-order valence-electron chi connectivity index (χ4n) is 1.40. The van der Waals surface area contributed by atoms with Crippen molar-refractivity contribution in [3.05, 3.63) is 23.8 Å². The van der Waals surface area contributed by atoms with Gasteiger partial charge in [-0.05, 0) is 50.2 Å². The third-order valence-electron chi connectivity index (χ3n) is 2.17. The Morgan fingerprint density at radius 1 is 1.37 bits per heavy atom. The van der Waals surface area contributed by atoms with Crippen molar-refractivity contribution < 1.29 is 17.4 Å². The van der Waals surface area contributed by atoms with Crippen LogP contribution in [-0.4, -0.2) is 26.8 Å². The molecule has 19 heavy (non-hydrogen) atoms. The van der Waals surface area contributed by atoms with Gasteiger partial charge >= 0.3 is 0 Å². The van der Waals surface area contributed by atoms with E-state index in [1.165, 1.54) is 6.07 Å². The number of hydrogen-bond donors (Lipinski definition) is 1. The summed E-state index contributed by atoms with van der Waals surface area (Å²) in [6.07, 6.45) is 0. The van der Waals surface area contributed by atoms with Gasteiger partial charge in [0.1, 0.15) is 4.90 Å². The van der Waals surface area contributed by atoms with Gasteiger partial charge in [0.15, 0.2) is 0 Å². The van der Waals surface area contributed by atoms with E-state index in [9.17, 15) is 13.2 Å². The lowest BCUT2D eigenvalue weighted by molar-refractivity contribution is 0.261. The molecule has 1 amide bonds. The summed E-state index contributed by atoms with van der Waals surface area (Å²) in [5.74, 6) is 0. The normalized spacial score (nSPS) is 11.3. The first kappa shape index (κ1) is 16.0. The van der Waals surface area contributed by atoms with Crippen molar-refractivity contribution in [1.29, 1.82) is 0 Å². The number of nitrogens with one attached hydrogen (secondary N) is 1. The Labute approximate surface area is 117 Å². The number of carbonyl (C=O) groups is 1. The summed E-state index contributed by atoms with van der Waals surface area (Å²) < 4.78 is 28.6. The van der Waals surface area contributed by atoms with E-state index in [0.29, 0.717) is 11.4 Å². The van der Waals surface area contributed by atoms with Crippen LogP contribution in [0.4, 0.5) is 4.79 Å². The Hall–Kier alpha value is -1.05. The van der Waals surface area contributed by atoms with E-state index in [0.717, 1.165) is 17.3 Å². The van der Waals surface area contributed by atoms with Gasteiger partial charge in [0.2, 0.25) is 0 Å². The standard InChI is InChI=1S/C12H17NO4S2/c1-4-13-12(14)18-10-8-9(3)6-7-11(10)19(15,16)17-5-2/h6-8H,4-5H2,1-3H3,(H,13,14). The first-order chi connectivity index (χ1) is 8.90. The summed E-state index contributed by atoms with van der Waals surface area (Å²) in [5.41, 5.74) is 0.877. The maximum atomic E-state index is 11.9. The summed E-state index contributed by atoms with van der Waals surface area (Å²) in [4.78, 5) is 12.0. The minimum absolute atomic E-state index is 0.0243. The van der Waals surface area contributed by atoms with E-state index in [1.54, 1.807) is 26.0 Å². The van der Waals surface area contributed by atoms with Crippen molar-refractivity contribution in [2.24, 2.45) is 0 Å². The number of carbonyl (C=O) groups excluding carboxylic acids is 1. The summed E-state index contributed by atoms with van der Waals surface area (Å²) >= 11 is 0.853. The fourth-order valence-corrected chi connectivity index (χ4v) is 3.64. The zero-order valence-electron chi connectivity index (χ0n) is 11.1. The molecule has 7 heteroatoms. The molecule has 0 aliphatic carbocycles. The van der Waals surface area contributed by atoms with Gasteiger partial charge in [-0.25, -0.2) is 0 Å². The van der Waals surface area contributed by atoms with Crippen molar-refractivity contribution in [2.45, 2.75) is 30.6 Å². The van der Waals surface area contributed by atoms with Crippen LogP contribution < -0.4 is 5.32 Å². The van der Waals surface area contributed by atoms with Crippen molar-refractivity contribution in [3.63, 3.8) is 0 Å². The first-order valence-electron chi connectivity index (χ1n) is 5.86. The Bertz CT molecular complexity index is 555. The van der Waals surface area contributed by atoms with Gasteiger partial charge in [0.25, 0.3) is 15.4 Å². The van der Waals surface area contributed by atoms with Gasteiger partial charge in [-0.2, -0.15) is 8.42 Å². The van der Waals surface area contributed by atoms with Crippen LogP contribution in [0, 0.1) is 6.92 Å². The average Bonchev–Trinajstić information content (AvgIpc) is 2.28. The van der Waals surface area contributed by atoms with Crippen LogP contribution in [0.2, 0.25) is 0 Å². The summed E-state index contributed by atoms with van der Waals surface area (Å²) in [5, 5.41) is 2.32. The summed E-state index contributed by atoms with van der Waals surface area (Å²) in [6.45, 7) is 5.78. The van der Waals surface area contributed by atoms with Crippen LogP contribution in [-0.2, 0) is 14.3 Å². The summed E-state index contributed by atoms with van der Waals surface area (Å²) in [7, 11) is -3.82. The molecule has 0 bridgehead atoms. The zero-order valence-corrected chi connectivity index (χ0v) is 12.7. The zero-order chi connectivity index (χ0) is 14.5. The van der Waals surface area contributed by atoms with Crippen LogP contribution in [0.25, 0.3) is 0 Å². The maximum Gasteiger partial charge on any atom is 0.298 e. The molecule has 1 aromatic carbocycles. The average molecular weight is 303 g/mol. The molecule has 5 nitrogen and oxygen atoms in total. The lowest BCUT2D eigenvalue weighted by Crippen LogP contribution is -2.18. The highest BCUT2D eigenvalue weighted by Gasteiger charge is 2.21. The fraction of sp³-hybridized carbons (Fsp3) is 0.417.